The van der Waals surface area contributed by atoms with Crippen LogP contribution in [0.15, 0.2) is 78.1 Å². The SMILES string of the molecule is COc1ccc(CCN(C)c2cc(C(C)(C)C)nc(SCc3ccc(C(=O)NCc4ccccn4)cc3)n2)cc1OC. The lowest BCUT2D eigenvalue weighted by Crippen LogP contribution is -2.24. The molecule has 2 aromatic heterocycles. The zero-order chi connectivity index (χ0) is 30.1. The second kappa shape index (κ2) is 14.2. The molecule has 220 valence electrons. The molecule has 0 saturated carbocycles. The van der Waals surface area contributed by atoms with E-state index in [0.29, 0.717) is 17.9 Å². The summed E-state index contributed by atoms with van der Waals surface area (Å²) in [6, 6.07) is 21.4. The van der Waals surface area contributed by atoms with Crippen LogP contribution in [0.5, 0.6) is 11.5 Å². The predicted octanol–water partition coefficient (Wildman–Crippen LogP) is 6.09. The number of rotatable bonds is 12. The van der Waals surface area contributed by atoms with Crippen molar-refractivity contribution in [2.75, 3.05) is 32.7 Å². The first-order valence-electron chi connectivity index (χ1n) is 13.9. The lowest BCUT2D eigenvalue weighted by Gasteiger charge is -2.23. The van der Waals surface area contributed by atoms with Crippen LogP contribution < -0.4 is 19.7 Å². The fourth-order valence-electron chi connectivity index (χ4n) is 4.18. The molecular weight excluding hydrogens is 546 g/mol. The molecule has 2 aromatic carbocycles. The highest BCUT2D eigenvalue weighted by Gasteiger charge is 2.20. The van der Waals surface area contributed by atoms with Gasteiger partial charge in [0.2, 0.25) is 0 Å². The first kappa shape index (κ1) is 30.8. The van der Waals surface area contributed by atoms with E-state index in [1.807, 2.05) is 54.6 Å². The Labute approximate surface area is 252 Å². The number of nitrogens with zero attached hydrogens (tertiary/aromatic N) is 4. The molecule has 0 atom stereocenters. The van der Waals surface area contributed by atoms with Gasteiger partial charge >= 0.3 is 0 Å². The lowest BCUT2D eigenvalue weighted by atomic mass is 9.92. The highest BCUT2D eigenvalue weighted by Crippen LogP contribution is 2.30. The van der Waals surface area contributed by atoms with Crippen LogP contribution in [0.4, 0.5) is 5.82 Å². The maximum absolute atomic E-state index is 12.6. The summed E-state index contributed by atoms with van der Waals surface area (Å²) in [4.78, 5) is 28.8. The van der Waals surface area contributed by atoms with Crippen molar-refractivity contribution in [2.45, 2.75) is 50.1 Å². The van der Waals surface area contributed by atoms with Gasteiger partial charge in [0.25, 0.3) is 5.91 Å². The molecule has 0 unspecified atom stereocenters. The maximum atomic E-state index is 12.6. The molecule has 4 rings (SSSR count). The van der Waals surface area contributed by atoms with Gasteiger partial charge in [0, 0.05) is 42.6 Å². The number of aromatic nitrogens is 3. The van der Waals surface area contributed by atoms with E-state index >= 15 is 0 Å². The van der Waals surface area contributed by atoms with Crippen LogP contribution in [-0.2, 0) is 24.1 Å². The number of methoxy groups -OCH3 is 2. The first-order chi connectivity index (χ1) is 20.2. The standard InChI is InChI=1S/C33H39N5O3S/c1-33(2,3)29-20-30(38(4)18-16-23-12-15-27(40-5)28(19-23)41-6)37-32(36-29)42-22-24-10-13-25(14-11-24)31(39)35-21-26-9-7-8-17-34-26/h7-15,17,19-20H,16,18,21-22H2,1-6H3,(H,35,39). The molecule has 0 radical (unpaired) electrons. The second-order valence-corrected chi connectivity index (χ2v) is 11.9. The van der Waals surface area contributed by atoms with Crippen molar-refractivity contribution in [1.29, 1.82) is 0 Å². The molecule has 0 aliphatic heterocycles. The molecule has 0 fully saturated rings. The van der Waals surface area contributed by atoms with E-state index in [1.54, 1.807) is 32.2 Å². The van der Waals surface area contributed by atoms with Crippen molar-refractivity contribution < 1.29 is 14.3 Å². The van der Waals surface area contributed by atoms with Crippen molar-refractivity contribution in [3.63, 3.8) is 0 Å². The minimum atomic E-state index is -0.124. The molecule has 1 N–H and O–H groups in total. The van der Waals surface area contributed by atoms with E-state index in [0.717, 1.165) is 58.0 Å². The number of pyridine rings is 1. The van der Waals surface area contributed by atoms with Crippen molar-refractivity contribution >= 4 is 23.5 Å². The topological polar surface area (TPSA) is 89.5 Å². The van der Waals surface area contributed by atoms with Gasteiger partial charge in [0.1, 0.15) is 5.82 Å². The zero-order valence-electron chi connectivity index (χ0n) is 25.2. The third kappa shape index (κ3) is 8.45. The highest BCUT2D eigenvalue weighted by atomic mass is 32.2. The van der Waals surface area contributed by atoms with Crippen LogP contribution >= 0.6 is 11.8 Å². The molecular formula is C33H39N5O3S. The molecule has 0 aliphatic rings. The molecule has 0 aliphatic carbocycles. The number of hydrogen-bond donors (Lipinski definition) is 1. The lowest BCUT2D eigenvalue weighted by molar-refractivity contribution is 0.0950. The fourth-order valence-corrected chi connectivity index (χ4v) is 4.99. The van der Waals surface area contributed by atoms with Crippen LogP contribution in [0.25, 0.3) is 0 Å². The number of amides is 1. The van der Waals surface area contributed by atoms with Gasteiger partial charge in [-0.1, -0.05) is 56.8 Å². The summed E-state index contributed by atoms with van der Waals surface area (Å²) in [5, 5.41) is 3.65. The smallest absolute Gasteiger partial charge is 0.251 e. The van der Waals surface area contributed by atoms with Gasteiger partial charge in [0.15, 0.2) is 16.7 Å². The first-order valence-corrected chi connectivity index (χ1v) is 14.9. The molecule has 9 heteroatoms. The van der Waals surface area contributed by atoms with Gasteiger partial charge in [-0.05, 0) is 53.9 Å². The van der Waals surface area contributed by atoms with E-state index in [9.17, 15) is 4.79 Å². The third-order valence-electron chi connectivity index (χ3n) is 6.78. The molecule has 42 heavy (non-hydrogen) atoms. The average Bonchev–Trinajstić information content (AvgIpc) is 3.01. The summed E-state index contributed by atoms with van der Waals surface area (Å²) >= 11 is 1.59. The molecule has 2 heterocycles. The minimum absolute atomic E-state index is 0.123. The van der Waals surface area contributed by atoms with E-state index in [4.69, 9.17) is 19.4 Å². The number of anilines is 1. The second-order valence-electron chi connectivity index (χ2n) is 11.0. The van der Waals surface area contributed by atoms with Gasteiger partial charge in [0.05, 0.1) is 32.2 Å². The average molecular weight is 586 g/mol. The number of likely N-dealkylation sites (N-methyl/N-ethyl adjacent to an activating group) is 1. The number of carbonyl (C=O) groups is 1. The van der Waals surface area contributed by atoms with E-state index in [-0.39, 0.29) is 11.3 Å². The number of thioether (sulfide) groups is 1. The number of ether oxygens (including phenoxy) is 2. The summed E-state index contributed by atoms with van der Waals surface area (Å²) in [5.74, 6) is 2.91. The zero-order valence-corrected chi connectivity index (χ0v) is 26.0. The Hall–Kier alpha value is -4.11. The fraction of sp³-hybridized carbons (Fsp3) is 0.333. The predicted molar refractivity (Wildman–Crippen MR) is 169 cm³/mol. The Bertz CT molecular complexity index is 1470. The van der Waals surface area contributed by atoms with Crippen molar-refractivity contribution in [3.05, 3.63) is 101 Å². The van der Waals surface area contributed by atoms with Gasteiger partial charge in [-0.25, -0.2) is 9.97 Å². The van der Waals surface area contributed by atoms with Gasteiger partial charge < -0.3 is 19.7 Å². The van der Waals surface area contributed by atoms with Crippen LogP contribution in [-0.4, -0.2) is 48.7 Å². The van der Waals surface area contributed by atoms with Crippen LogP contribution in [0.1, 0.15) is 53.6 Å². The molecule has 0 saturated heterocycles. The monoisotopic (exact) mass is 585 g/mol. The Kier molecular flexibility index (Phi) is 10.4. The number of carbonyl (C=O) groups excluding carboxylic acids is 1. The maximum Gasteiger partial charge on any atom is 0.251 e. The summed E-state index contributed by atoms with van der Waals surface area (Å²) in [6.07, 6.45) is 2.55. The molecule has 8 nitrogen and oxygen atoms in total. The number of hydrogen-bond acceptors (Lipinski definition) is 8. The largest absolute Gasteiger partial charge is 0.493 e. The minimum Gasteiger partial charge on any atom is -0.493 e. The van der Waals surface area contributed by atoms with Gasteiger partial charge in [-0.15, -0.1) is 0 Å². The van der Waals surface area contributed by atoms with Gasteiger partial charge in [-0.2, -0.15) is 0 Å². The van der Waals surface area contributed by atoms with E-state index < -0.39 is 0 Å². The number of nitrogens with one attached hydrogen (secondary N) is 1. The van der Waals surface area contributed by atoms with Gasteiger partial charge in [-0.3, -0.25) is 9.78 Å². The molecule has 4 aromatic rings. The van der Waals surface area contributed by atoms with Crippen LogP contribution in [0.3, 0.4) is 0 Å². The number of benzene rings is 2. The highest BCUT2D eigenvalue weighted by molar-refractivity contribution is 7.98. The summed E-state index contributed by atoms with van der Waals surface area (Å²) in [6.45, 7) is 7.66. The van der Waals surface area contributed by atoms with Crippen LogP contribution in [0.2, 0.25) is 0 Å². The molecule has 0 bridgehead atoms. The summed E-state index contributed by atoms with van der Waals surface area (Å²) in [7, 11) is 5.35. The quantitative estimate of drug-likeness (QED) is 0.158. The van der Waals surface area contributed by atoms with E-state index in [1.165, 1.54) is 0 Å². The Balaban J connectivity index is 1.40. The Morgan fingerprint density at radius 2 is 1.67 bits per heavy atom. The Morgan fingerprint density at radius 3 is 2.33 bits per heavy atom. The van der Waals surface area contributed by atoms with Crippen molar-refractivity contribution in [3.8, 4) is 11.5 Å². The van der Waals surface area contributed by atoms with Crippen LogP contribution in [0, 0.1) is 0 Å². The Morgan fingerprint density at radius 1 is 0.929 bits per heavy atom. The summed E-state index contributed by atoms with van der Waals surface area (Å²) in [5.41, 5.74) is 4.56. The molecule has 0 spiro atoms. The normalized spacial score (nSPS) is 11.2. The molecule has 1 amide bonds. The van der Waals surface area contributed by atoms with Crippen molar-refractivity contribution in [2.24, 2.45) is 0 Å². The van der Waals surface area contributed by atoms with Crippen molar-refractivity contribution in [1.82, 2.24) is 20.3 Å². The summed E-state index contributed by atoms with van der Waals surface area (Å²) < 4.78 is 10.8. The third-order valence-corrected chi connectivity index (χ3v) is 7.69. The van der Waals surface area contributed by atoms with E-state index in [2.05, 4.69) is 55.2 Å².